The average molecular weight is 349 g/mol. The fraction of sp³-hybridized carbons (Fsp3) is 0.250. The first-order valence-electron chi connectivity index (χ1n) is 8.59. The van der Waals surface area contributed by atoms with Crippen LogP contribution in [0.15, 0.2) is 67.3 Å². The van der Waals surface area contributed by atoms with Gasteiger partial charge in [-0.15, -0.1) is 0 Å². The van der Waals surface area contributed by atoms with Crippen LogP contribution in [0.4, 0.5) is 5.69 Å². The molecule has 0 radical (unpaired) electrons. The van der Waals surface area contributed by atoms with Gasteiger partial charge in [0.15, 0.2) is 0 Å². The molecule has 1 heterocycles. The molecule has 0 saturated heterocycles. The first kappa shape index (κ1) is 17.7. The largest absolute Gasteiger partial charge is 0.368 e. The molecule has 2 N–H and O–H groups in total. The number of nitrogens with one attached hydrogen (secondary N) is 2. The maximum atomic E-state index is 13.0. The second-order valence-electron chi connectivity index (χ2n) is 6.40. The van der Waals surface area contributed by atoms with Crippen LogP contribution in [-0.2, 0) is 16.9 Å². The van der Waals surface area contributed by atoms with E-state index < -0.39 is 5.54 Å². The summed E-state index contributed by atoms with van der Waals surface area (Å²) in [4.78, 5) is 17.0. The smallest absolute Gasteiger partial charge is 0.250 e. The maximum Gasteiger partial charge on any atom is 0.250 e. The van der Waals surface area contributed by atoms with Crippen LogP contribution in [-0.4, -0.2) is 27.2 Å². The highest BCUT2D eigenvalue weighted by Crippen LogP contribution is 2.26. The van der Waals surface area contributed by atoms with E-state index in [1.807, 2.05) is 68.4 Å². The number of rotatable bonds is 7. The van der Waals surface area contributed by atoms with Crippen LogP contribution in [0, 0.1) is 6.92 Å². The molecule has 3 aromatic rings. The number of carbonyl (C=O) groups is 1. The molecule has 1 amide bonds. The molecule has 134 valence electrons. The second-order valence-corrected chi connectivity index (χ2v) is 6.40. The van der Waals surface area contributed by atoms with Gasteiger partial charge in [0.1, 0.15) is 18.2 Å². The number of aryl methyl sites for hydroxylation is 1. The highest BCUT2D eigenvalue weighted by atomic mass is 16.2. The van der Waals surface area contributed by atoms with Crippen LogP contribution < -0.4 is 10.6 Å². The average Bonchev–Trinajstić information content (AvgIpc) is 3.17. The van der Waals surface area contributed by atoms with E-state index in [1.54, 1.807) is 11.0 Å². The summed E-state index contributed by atoms with van der Waals surface area (Å²) < 4.78 is 1.69. The molecule has 26 heavy (non-hydrogen) atoms. The quantitative estimate of drug-likeness (QED) is 0.688. The van der Waals surface area contributed by atoms with Gasteiger partial charge in [0.2, 0.25) is 5.91 Å². The van der Waals surface area contributed by atoms with Gasteiger partial charge in [-0.25, -0.2) is 4.98 Å². The Morgan fingerprint density at radius 3 is 2.50 bits per heavy atom. The zero-order valence-corrected chi connectivity index (χ0v) is 15.0. The number of benzene rings is 2. The molecule has 1 aromatic heterocycles. The fourth-order valence-corrected chi connectivity index (χ4v) is 2.77. The minimum atomic E-state index is -0.890. The summed E-state index contributed by atoms with van der Waals surface area (Å²) in [5.41, 5.74) is 2.08. The van der Waals surface area contributed by atoms with Gasteiger partial charge < -0.3 is 10.6 Å². The lowest BCUT2D eigenvalue weighted by molar-refractivity contribution is -0.125. The third kappa shape index (κ3) is 4.08. The van der Waals surface area contributed by atoms with Crippen molar-refractivity contribution in [2.75, 3.05) is 11.9 Å². The highest BCUT2D eigenvalue weighted by molar-refractivity contribution is 5.90. The van der Waals surface area contributed by atoms with E-state index in [0.29, 0.717) is 13.1 Å². The molecule has 0 saturated carbocycles. The lowest BCUT2D eigenvalue weighted by atomic mass is 9.90. The zero-order valence-electron chi connectivity index (χ0n) is 15.0. The third-order valence-corrected chi connectivity index (χ3v) is 4.34. The Labute approximate surface area is 153 Å². The molecule has 3 rings (SSSR count). The summed E-state index contributed by atoms with van der Waals surface area (Å²) in [6.45, 7) is 4.98. The van der Waals surface area contributed by atoms with Crippen molar-refractivity contribution < 1.29 is 4.79 Å². The Bertz CT molecular complexity index is 830. The standard InChI is InChI=1S/C20H23N5O/c1-16-8-10-18(11-9-16)24-20(2,17-6-4-3-5-7-17)19(26)22-12-13-25-15-21-14-23-25/h3-11,14-15,24H,12-13H2,1-2H3,(H,22,26). The molecular weight excluding hydrogens is 326 g/mol. The van der Waals surface area contributed by atoms with Crippen molar-refractivity contribution in [2.45, 2.75) is 25.9 Å². The summed E-state index contributed by atoms with van der Waals surface area (Å²) in [5, 5.41) is 10.4. The van der Waals surface area contributed by atoms with E-state index in [9.17, 15) is 4.79 Å². The first-order chi connectivity index (χ1) is 12.6. The number of anilines is 1. The fourth-order valence-electron chi connectivity index (χ4n) is 2.77. The Balaban J connectivity index is 1.77. The molecule has 0 bridgehead atoms. The molecule has 0 aliphatic heterocycles. The topological polar surface area (TPSA) is 71.8 Å². The molecule has 0 aliphatic carbocycles. The van der Waals surface area contributed by atoms with E-state index in [4.69, 9.17) is 0 Å². The summed E-state index contributed by atoms with van der Waals surface area (Å²) in [6, 6.07) is 17.8. The molecule has 1 unspecified atom stereocenters. The Hall–Kier alpha value is -3.15. The monoisotopic (exact) mass is 349 g/mol. The van der Waals surface area contributed by atoms with Crippen LogP contribution in [0.1, 0.15) is 18.1 Å². The molecule has 6 heteroatoms. The predicted molar refractivity (Wildman–Crippen MR) is 102 cm³/mol. The number of amides is 1. The molecule has 0 fully saturated rings. The van der Waals surface area contributed by atoms with E-state index in [-0.39, 0.29) is 5.91 Å². The van der Waals surface area contributed by atoms with E-state index >= 15 is 0 Å². The van der Waals surface area contributed by atoms with Gasteiger partial charge in [-0.05, 0) is 31.5 Å². The normalized spacial score (nSPS) is 13.0. The Morgan fingerprint density at radius 1 is 1.12 bits per heavy atom. The van der Waals surface area contributed by atoms with Crippen LogP contribution in [0.25, 0.3) is 0 Å². The molecular formula is C20H23N5O. The van der Waals surface area contributed by atoms with Crippen LogP contribution in [0.2, 0.25) is 0 Å². The van der Waals surface area contributed by atoms with E-state index in [1.165, 1.54) is 11.9 Å². The number of hydrogen-bond acceptors (Lipinski definition) is 4. The van der Waals surface area contributed by atoms with Crippen molar-refractivity contribution in [1.29, 1.82) is 0 Å². The molecule has 2 aromatic carbocycles. The van der Waals surface area contributed by atoms with Gasteiger partial charge in [0.05, 0.1) is 6.54 Å². The van der Waals surface area contributed by atoms with Gasteiger partial charge in [-0.1, -0.05) is 48.0 Å². The first-order valence-corrected chi connectivity index (χ1v) is 8.59. The van der Waals surface area contributed by atoms with Crippen LogP contribution >= 0.6 is 0 Å². The van der Waals surface area contributed by atoms with Crippen molar-refractivity contribution in [2.24, 2.45) is 0 Å². The number of hydrogen-bond donors (Lipinski definition) is 2. The van der Waals surface area contributed by atoms with Gasteiger partial charge in [0.25, 0.3) is 0 Å². The van der Waals surface area contributed by atoms with Crippen molar-refractivity contribution >= 4 is 11.6 Å². The summed E-state index contributed by atoms with van der Waals surface area (Å²) in [6.07, 6.45) is 3.11. The molecule has 1 atom stereocenters. The SMILES string of the molecule is Cc1ccc(NC(C)(C(=O)NCCn2cncn2)c2ccccc2)cc1. The van der Waals surface area contributed by atoms with Gasteiger partial charge in [-0.3, -0.25) is 9.48 Å². The third-order valence-electron chi connectivity index (χ3n) is 4.34. The Kier molecular flexibility index (Phi) is 5.31. The summed E-state index contributed by atoms with van der Waals surface area (Å²) in [5.74, 6) is -0.0932. The molecule has 0 aliphatic rings. The predicted octanol–water partition coefficient (Wildman–Crippen LogP) is 2.73. The molecule has 0 spiro atoms. The van der Waals surface area contributed by atoms with Gasteiger partial charge in [0, 0.05) is 12.2 Å². The summed E-state index contributed by atoms with van der Waals surface area (Å²) >= 11 is 0. The number of aromatic nitrogens is 3. The maximum absolute atomic E-state index is 13.0. The van der Waals surface area contributed by atoms with Crippen molar-refractivity contribution in [1.82, 2.24) is 20.1 Å². The minimum absolute atomic E-state index is 0.0932. The lowest BCUT2D eigenvalue weighted by Gasteiger charge is -2.31. The minimum Gasteiger partial charge on any atom is -0.368 e. The van der Waals surface area contributed by atoms with Crippen LogP contribution in [0.3, 0.4) is 0 Å². The van der Waals surface area contributed by atoms with Crippen molar-refractivity contribution in [3.05, 3.63) is 78.4 Å². The van der Waals surface area contributed by atoms with Gasteiger partial charge in [-0.2, -0.15) is 5.10 Å². The second kappa shape index (κ2) is 7.82. The number of nitrogens with zero attached hydrogens (tertiary/aromatic N) is 3. The summed E-state index contributed by atoms with van der Waals surface area (Å²) in [7, 11) is 0. The van der Waals surface area contributed by atoms with Gasteiger partial charge >= 0.3 is 0 Å². The van der Waals surface area contributed by atoms with E-state index in [0.717, 1.165) is 11.3 Å². The van der Waals surface area contributed by atoms with Crippen LogP contribution in [0.5, 0.6) is 0 Å². The van der Waals surface area contributed by atoms with Crippen molar-refractivity contribution in [3.8, 4) is 0 Å². The Morgan fingerprint density at radius 2 is 1.85 bits per heavy atom. The highest BCUT2D eigenvalue weighted by Gasteiger charge is 2.34. The van der Waals surface area contributed by atoms with Crippen molar-refractivity contribution in [3.63, 3.8) is 0 Å². The lowest BCUT2D eigenvalue weighted by Crippen LogP contribution is -2.48. The zero-order chi connectivity index (χ0) is 18.4. The number of carbonyl (C=O) groups excluding carboxylic acids is 1. The molecule has 6 nitrogen and oxygen atoms in total. The van der Waals surface area contributed by atoms with E-state index in [2.05, 4.69) is 20.7 Å².